The molecule has 2 atom stereocenters. The van der Waals surface area contributed by atoms with Gasteiger partial charge in [0.2, 0.25) is 5.91 Å². The lowest BCUT2D eigenvalue weighted by Gasteiger charge is -2.31. The van der Waals surface area contributed by atoms with E-state index in [1.54, 1.807) is 4.90 Å². The van der Waals surface area contributed by atoms with Crippen molar-refractivity contribution in [1.82, 2.24) is 10.2 Å². The molecule has 0 aromatic heterocycles. The first kappa shape index (κ1) is 15.0. The topological polar surface area (TPSA) is 52.6 Å². The number of aliphatic hydroxyl groups is 1. The Balaban J connectivity index is 1.98. The van der Waals surface area contributed by atoms with Crippen LogP contribution in [0.5, 0.6) is 0 Å². The highest BCUT2D eigenvalue weighted by atomic mass is 16.3. The number of piperidine rings is 1. The maximum Gasteiger partial charge on any atom is 0.227 e. The summed E-state index contributed by atoms with van der Waals surface area (Å²) in [7, 11) is 0. The quantitative estimate of drug-likeness (QED) is 0.854. The molecule has 0 saturated carbocycles. The number of nitrogens with zero attached hydrogens (tertiary/aromatic N) is 1. The van der Waals surface area contributed by atoms with Crippen molar-refractivity contribution in [3.05, 3.63) is 35.9 Å². The molecule has 1 heterocycles. The molecule has 1 fully saturated rings. The second-order valence-electron chi connectivity index (χ2n) is 5.55. The molecular formula is C16H24N2O2. The van der Waals surface area contributed by atoms with E-state index in [0.717, 1.165) is 24.9 Å². The standard InChI is InChI=1S/C16H24N2O2/c1-13-7-8-15(11-17-13)16(20)18(9-10-19)12-14-5-3-2-4-6-14/h2-6,13,15,17,19H,7-12H2,1H3. The first-order valence-electron chi connectivity index (χ1n) is 7.37. The van der Waals surface area contributed by atoms with Gasteiger partial charge in [-0.25, -0.2) is 0 Å². The number of carbonyl (C=O) groups excluding carboxylic acids is 1. The maximum absolute atomic E-state index is 12.6. The molecule has 1 amide bonds. The minimum Gasteiger partial charge on any atom is -0.395 e. The van der Waals surface area contributed by atoms with Gasteiger partial charge in [-0.15, -0.1) is 0 Å². The SMILES string of the molecule is CC1CCC(C(=O)N(CCO)Cc2ccccc2)CN1. The molecule has 2 rings (SSSR count). The highest BCUT2D eigenvalue weighted by Gasteiger charge is 2.27. The van der Waals surface area contributed by atoms with E-state index in [1.807, 2.05) is 30.3 Å². The Morgan fingerprint density at radius 2 is 2.10 bits per heavy atom. The first-order valence-corrected chi connectivity index (χ1v) is 7.37. The lowest BCUT2D eigenvalue weighted by atomic mass is 9.94. The lowest BCUT2D eigenvalue weighted by molar-refractivity contribution is -0.137. The number of nitrogens with one attached hydrogen (secondary N) is 1. The van der Waals surface area contributed by atoms with Gasteiger partial charge in [0.15, 0.2) is 0 Å². The number of amides is 1. The van der Waals surface area contributed by atoms with Crippen molar-refractivity contribution in [2.24, 2.45) is 5.92 Å². The molecule has 1 saturated heterocycles. The molecule has 1 aliphatic heterocycles. The number of carbonyl (C=O) groups is 1. The Hall–Kier alpha value is -1.39. The number of hydrogen-bond donors (Lipinski definition) is 2. The Kier molecular flexibility index (Phi) is 5.56. The molecule has 4 heteroatoms. The van der Waals surface area contributed by atoms with Gasteiger partial charge >= 0.3 is 0 Å². The highest BCUT2D eigenvalue weighted by Crippen LogP contribution is 2.18. The minimum absolute atomic E-state index is 0.00905. The average molecular weight is 276 g/mol. The second kappa shape index (κ2) is 7.41. The lowest BCUT2D eigenvalue weighted by Crippen LogP contribution is -2.46. The largest absolute Gasteiger partial charge is 0.395 e. The van der Waals surface area contributed by atoms with Crippen molar-refractivity contribution >= 4 is 5.91 Å². The van der Waals surface area contributed by atoms with Gasteiger partial charge in [0.05, 0.1) is 12.5 Å². The molecule has 2 unspecified atom stereocenters. The van der Waals surface area contributed by atoms with Gasteiger partial charge < -0.3 is 15.3 Å². The number of rotatable bonds is 5. The van der Waals surface area contributed by atoms with Crippen molar-refractivity contribution in [3.63, 3.8) is 0 Å². The third-order valence-corrected chi connectivity index (χ3v) is 3.91. The second-order valence-corrected chi connectivity index (χ2v) is 5.55. The van der Waals surface area contributed by atoms with Crippen LogP contribution < -0.4 is 5.32 Å². The van der Waals surface area contributed by atoms with Crippen molar-refractivity contribution in [3.8, 4) is 0 Å². The van der Waals surface area contributed by atoms with Gasteiger partial charge in [-0.3, -0.25) is 4.79 Å². The van der Waals surface area contributed by atoms with Gasteiger partial charge in [-0.1, -0.05) is 30.3 Å². The monoisotopic (exact) mass is 276 g/mol. The summed E-state index contributed by atoms with van der Waals surface area (Å²) in [5.41, 5.74) is 1.10. The predicted molar refractivity (Wildman–Crippen MR) is 79.1 cm³/mol. The van der Waals surface area contributed by atoms with Crippen molar-refractivity contribution in [1.29, 1.82) is 0 Å². The maximum atomic E-state index is 12.6. The van der Waals surface area contributed by atoms with Gasteiger partial charge in [0.25, 0.3) is 0 Å². The molecule has 110 valence electrons. The Labute approximate surface area is 120 Å². The Morgan fingerprint density at radius 3 is 2.70 bits per heavy atom. The van der Waals surface area contributed by atoms with Crippen LogP contribution in [0.3, 0.4) is 0 Å². The van der Waals surface area contributed by atoms with Crippen molar-refractivity contribution < 1.29 is 9.90 Å². The van der Waals surface area contributed by atoms with E-state index in [2.05, 4.69) is 12.2 Å². The van der Waals surface area contributed by atoms with E-state index >= 15 is 0 Å². The third-order valence-electron chi connectivity index (χ3n) is 3.91. The summed E-state index contributed by atoms with van der Waals surface area (Å²) in [6, 6.07) is 10.4. The first-order chi connectivity index (χ1) is 9.70. The molecule has 1 aliphatic rings. The Morgan fingerprint density at radius 1 is 1.35 bits per heavy atom. The van der Waals surface area contributed by atoms with Crippen LogP contribution in [-0.2, 0) is 11.3 Å². The van der Waals surface area contributed by atoms with Crippen LogP contribution in [-0.4, -0.2) is 41.7 Å². The van der Waals surface area contributed by atoms with Crippen LogP contribution in [0.4, 0.5) is 0 Å². The molecule has 0 radical (unpaired) electrons. The fraction of sp³-hybridized carbons (Fsp3) is 0.562. The van der Waals surface area contributed by atoms with Crippen molar-refractivity contribution in [2.45, 2.75) is 32.4 Å². The van der Waals surface area contributed by atoms with E-state index in [4.69, 9.17) is 0 Å². The van der Waals surface area contributed by atoms with E-state index in [-0.39, 0.29) is 18.4 Å². The van der Waals surface area contributed by atoms with E-state index in [9.17, 15) is 9.90 Å². The molecule has 1 aromatic rings. The minimum atomic E-state index is 0.00905. The smallest absolute Gasteiger partial charge is 0.227 e. The molecular weight excluding hydrogens is 252 g/mol. The third kappa shape index (κ3) is 4.05. The van der Waals surface area contributed by atoms with Crippen molar-refractivity contribution in [2.75, 3.05) is 19.7 Å². The normalized spacial score (nSPS) is 22.5. The summed E-state index contributed by atoms with van der Waals surface area (Å²) in [5.74, 6) is 0.198. The van der Waals surface area contributed by atoms with E-state index < -0.39 is 0 Å². The van der Waals surface area contributed by atoms with Gasteiger partial charge in [-0.2, -0.15) is 0 Å². The summed E-state index contributed by atoms with van der Waals surface area (Å²) in [4.78, 5) is 14.3. The molecule has 0 spiro atoms. The molecule has 2 N–H and O–H groups in total. The zero-order valence-electron chi connectivity index (χ0n) is 12.1. The summed E-state index contributed by atoms with van der Waals surface area (Å²) in [5, 5.41) is 12.6. The zero-order chi connectivity index (χ0) is 14.4. The van der Waals surface area contributed by atoms with Crippen LogP contribution in [0, 0.1) is 5.92 Å². The summed E-state index contributed by atoms with van der Waals surface area (Å²) >= 11 is 0. The Bertz CT molecular complexity index is 414. The average Bonchev–Trinajstić information content (AvgIpc) is 2.48. The fourth-order valence-corrected chi connectivity index (χ4v) is 2.66. The van der Waals surface area contributed by atoms with Crippen LogP contribution in [0.1, 0.15) is 25.3 Å². The molecule has 1 aromatic carbocycles. The fourth-order valence-electron chi connectivity index (χ4n) is 2.66. The molecule has 20 heavy (non-hydrogen) atoms. The van der Waals surface area contributed by atoms with Gasteiger partial charge in [-0.05, 0) is 25.3 Å². The molecule has 0 aliphatic carbocycles. The van der Waals surface area contributed by atoms with Gasteiger partial charge in [0.1, 0.15) is 0 Å². The van der Waals surface area contributed by atoms with E-state index in [1.165, 1.54) is 0 Å². The highest BCUT2D eigenvalue weighted by molar-refractivity contribution is 5.79. The molecule has 0 bridgehead atoms. The number of hydrogen-bond acceptors (Lipinski definition) is 3. The number of benzene rings is 1. The van der Waals surface area contributed by atoms with Crippen LogP contribution in [0.2, 0.25) is 0 Å². The van der Waals surface area contributed by atoms with Crippen LogP contribution in [0.15, 0.2) is 30.3 Å². The summed E-state index contributed by atoms with van der Waals surface area (Å²) in [6.07, 6.45) is 1.97. The predicted octanol–water partition coefficient (Wildman–Crippen LogP) is 1.40. The molecule has 4 nitrogen and oxygen atoms in total. The van der Waals surface area contributed by atoms with Crippen LogP contribution >= 0.6 is 0 Å². The van der Waals surface area contributed by atoms with Gasteiger partial charge in [0, 0.05) is 25.7 Å². The zero-order valence-corrected chi connectivity index (χ0v) is 12.1. The summed E-state index contributed by atoms with van der Waals surface area (Å²) < 4.78 is 0. The van der Waals surface area contributed by atoms with E-state index in [0.29, 0.717) is 19.1 Å². The number of aliphatic hydroxyl groups excluding tert-OH is 1. The van der Waals surface area contributed by atoms with Crippen LogP contribution in [0.25, 0.3) is 0 Å². The summed E-state index contributed by atoms with van der Waals surface area (Å²) in [6.45, 7) is 3.88.